The summed E-state index contributed by atoms with van der Waals surface area (Å²) < 4.78 is 15.1. The number of benzene rings is 6. The van der Waals surface area contributed by atoms with E-state index in [1.165, 1.54) is 117 Å². The Morgan fingerprint density at radius 2 is 0.891 bits per heavy atom. The Labute approximate surface area is 626 Å². The molecule has 0 saturated carbocycles. The Hall–Kier alpha value is -7.38. The molecule has 0 spiro atoms. The number of carbonyl (C=O) groups is 1. The van der Waals surface area contributed by atoms with E-state index in [1.807, 2.05) is 18.2 Å². The number of aliphatic hydroxyl groups excluding tert-OH is 2. The summed E-state index contributed by atoms with van der Waals surface area (Å²) in [5.41, 5.74) is 5.43. The number of nitro groups is 3. The molecule has 92 heavy (non-hydrogen) atoms. The first-order valence-electron chi connectivity index (χ1n) is 25.9. The molecule has 0 aliphatic rings. The van der Waals surface area contributed by atoms with Gasteiger partial charge < -0.3 is 47.4 Å². The van der Waals surface area contributed by atoms with Gasteiger partial charge in [-0.25, -0.2) is 0 Å². The number of nitrogens with one attached hydrogen (secondary N) is 1. The van der Waals surface area contributed by atoms with E-state index in [0.29, 0.717) is 106 Å². The van der Waals surface area contributed by atoms with Gasteiger partial charge in [0.15, 0.2) is 0 Å². The van der Waals surface area contributed by atoms with Crippen LogP contribution in [-0.2, 0) is 9.68 Å². The molecular weight excluding hydrogens is 1360 g/mol. The number of halogens is 3. The molecule has 0 amide bonds. The van der Waals surface area contributed by atoms with Crippen molar-refractivity contribution < 1.29 is 159 Å². The second-order valence-electron chi connectivity index (χ2n) is 17.4. The molecule has 33 heteroatoms. The number of pyridine rings is 3. The minimum atomic E-state index is -0.556. The van der Waals surface area contributed by atoms with Gasteiger partial charge >= 0.3 is 103 Å². The summed E-state index contributed by atoms with van der Waals surface area (Å²) in [6, 6.07) is 41.3. The number of aromatic nitrogens is 3. The number of aromatic hydroxyl groups is 1. The average molecular weight is 1420 g/mol. The first-order valence-corrected chi connectivity index (χ1v) is 28.1. The summed E-state index contributed by atoms with van der Waals surface area (Å²) in [6.45, 7) is 2.02. The number of hydrogen-bond donors (Lipinski definition) is 5. The smallest absolute Gasteiger partial charge is 1.00 e. The zero-order valence-electron chi connectivity index (χ0n) is 49.8. The maximum Gasteiger partial charge on any atom is 1.00 e. The molecule has 3 heterocycles. The van der Waals surface area contributed by atoms with Crippen molar-refractivity contribution in [3.05, 3.63) is 224 Å². The number of rotatable bonds is 18. The third-order valence-electron chi connectivity index (χ3n) is 11.7. The average Bonchev–Trinajstić information content (AvgIpc) is 0.793. The molecule has 0 unspecified atom stereocenters. The van der Waals surface area contributed by atoms with Gasteiger partial charge in [0.1, 0.15) is 65.4 Å². The van der Waals surface area contributed by atoms with Gasteiger partial charge in [-0.3, -0.25) is 63.2 Å². The van der Waals surface area contributed by atoms with Crippen molar-refractivity contribution in [3.63, 3.8) is 0 Å². The molecule has 0 radical (unpaired) electrons. The molecule has 6 aromatic carbocycles. The molecule has 0 saturated heterocycles. The van der Waals surface area contributed by atoms with Crippen molar-refractivity contribution in [1.29, 1.82) is 15.8 Å². The molecule has 9 aromatic rings. The summed E-state index contributed by atoms with van der Waals surface area (Å²) >= 11 is 13.9. The Balaban J connectivity index is 0.000000633. The van der Waals surface area contributed by atoms with Gasteiger partial charge in [-0.05, 0) is 91.0 Å². The number of hydrogen-bond acceptors (Lipinski definition) is 22. The molecule has 0 atom stereocenters. The van der Waals surface area contributed by atoms with Crippen LogP contribution in [0.5, 0.6) is 17.2 Å². The molecule has 0 aliphatic heterocycles. The number of carbonyl (C=O) groups excluding carboxylic acids is 1. The number of nitrogens with zero attached hydrogens (tertiary/aromatic N) is 9. The molecule has 0 bridgehead atoms. The molecule has 0 aliphatic carbocycles. The van der Waals surface area contributed by atoms with Crippen molar-refractivity contribution in [3.8, 4) is 52.5 Å². The number of non-ortho nitro benzene ring substituents is 3. The van der Waals surface area contributed by atoms with Gasteiger partial charge in [-0.2, -0.15) is 15.8 Å². The summed E-state index contributed by atoms with van der Waals surface area (Å²) in [7, 11) is 0. The van der Waals surface area contributed by atoms with Crippen LogP contribution < -0.4 is 145 Å². The molecule has 3 aromatic heterocycles. The van der Waals surface area contributed by atoms with Gasteiger partial charge in [-0.1, -0.05) is 15.9 Å². The van der Waals surface area contributed by atoms with Crippen molar-refractivity contribution in [2.75, 3.05) is 63.2 Å². The number of aliphatic hydroxyl groups is 2. The van der Waals surface area contributed by atoms with E-state index >= 15 is 0 Å². The third-order valence-corrected chi connectivity index (χ3v) is 12.9. The van der Waals surface area contributed by atoms with Crippen LogP contribution in [-0.4, -0.2) is 113 Å². The monoisotopic (exact) mass is 1410 g/mol. The molecular formula is C59H52BrCl2K2N11O17. The van der Waals surface area contributed by atoms with E-state index < -0.39 is 31.4 Å². The second kappa shape index (κ2) is 42.7. The van der Waals surface area contributed by atoms with Crippen molar-refractivity contribution in [2.45, 2.75) is 0 Å². The largest absolute Gasteiger partial charge is 1.00 e. The van der Waals surface area contributed by atoms with E-state index in [-0.39, 0.29) is 163 Å². The Morgan fingerprint density at radius 3 is 1.17 bits per heavy atom. The zero-order valence-corrected chi connectivity index (χ0v) is 58.1. The minimum Gasteiger partial charge on any atom is -1.00 e. The number of nitro benzene ring substituents is 3. The number of ether oxygens (including phenoxy) is 2. The SMILES string of the molecule is ClCCBr.N#Cc1cc2ccc(O)cc2n(-c2ccc([N+](=O)[O-])cc2)c1=O.N#Cc1cc2ccc(OCCCl)cc2n(-c2ccc([N+](=O)[O-])cc2)c1=O.N#Cc1cc2ccc(OCCNCCO)cc2n(-c2ccc([N+](=O)[O-])cc2)c1=O.NCCO.O=CO[O-].[H-].[K+].[K+]. The number of alkyl halides is 3. The second-order valence-corrected chi connectivity index (χ2v) is 18.9. The van der Waals surface area contributed by atoms with Crippen molar-refractivity contribution >= 4 is 95.4 Å². The summed E-state index contributed by atoms with van der Waals surface area (Å²) in [6.07, 6.45) is 0. The number of phenolic OH excluding ortho intramolecular Hbond substituents is 1. The maximum absolute atomic E-state index is 12.8. The molecule has 0 fully saturated rings. The van der Waals surface area contributed by atoms with Crippen molar-refractivity contribution in [1.82, 2.24) is 19.0 Å². The van der Waals surface area contributed by atoms with Crippen LogP contribution in [0.15, 0.2) is 160 Å². The maximum atomic E-state index is 12.8. The Kier molecular flexibility index (Phi) is 37.5. The van der Waals surface area contributed by atoms with E-state index in [1.54, 1.807) is 42.5 Å². The Bertz CT molecular complexity index is 4280. The van der Waals surface area contributed by atoms with Gasteiger partial charge in [0.2, 0.25) is 0 Å². The number of fused-ring (bicyclic) bond motifs is 3. The van der Waals surface area contributed by atoms with E-state index in [0.717, 1.165) is 5.33 Å². The zero-order chi connectivity index (χ0) is 66.3. The predicted octanol–water partition coefficient (Wildman–Crippen LogP) is 0.708. The van der Waals surface area contributed by atoms with Crippen LogP contribution >= 0.6 is 39.1 Å². The van der Waals surface area contributed by atoms with E-state index in [4.69, 9.17) is 63.9 Å². The molecule has 6 N–H and O–H groups in total. The van der Waals surface area contributed by atoms with Crippen molar-refractivity contribution in [2.24, 2.45) is 5.73 Å². The number of nitriles is 3. The molecule has 28 nitrogen and oxygen atoms in total. The number of phenols is 1. The third kappa shape index (κ3) is 23.3. The van der Waals surface area contributed by atoms with Crippen LogP contribution in [0.1, 0.15) is 18.1 Å². The minimum absolute atomic E-state index is 0. The first-order chi connectivity index (χ1) is 43.3. The fraction of sp³-hybridized carbons (Fsp3) is 0.169. The van der Waals surface area contributed by atoms with Crippen LogP contribution in [0.4, 0.5) is 17.1 Å². The van der Waals surface area contributed by atoms with Crippen LogP contribution in [0.3, 0.4) is 0 Å². The van der Waals surface area contributed by atoms with Crippen LogP contribution in [0.2, 0.25) is 0 Å². The van der Waals surface area contributed by atoms with E-state index in [9.17, 15) is 60.4 Å². The van der Waals surface area contributed by atoms with Crippen LogP contribution in [0.25, 0.3) is 49.8 Å². The summed E-state index contributed by atoms with van der Waals surface area (Å²) in [5, 5.41) is 101. The van der Waals surface area contributed by atoms with Gasteiger partial charge in [0.25, 0.3) is 40.2 Å². The molecule has 9 rings (SSSR count). The topological polar surface area (TPSA) is 433 Å². The molecule has 468 valence electrons. The number of nitrogens with two attached hydrogens (primary N) is 1. The fourth-order valence-electron chi connectivity index (χ4n) is 7.83. The predicted molar refractivity (Wildman–Crippen MR) is 335 cm³/mol. The quantitative estimate of drug-likeness (QED) is 0.0150. The van der Waals surface area contributed by atoms with E-state index in [2.05, 4.69) is 26.1 Å². The van der Waals surface area contributed by atoms with Crippen LogP contribution in [0, 0.1) is 64.3 Å². The Morgan fingerprint density at radius 1 is 0.565 bits per heavy atom. The first kappa shape index (κ1) is 80.7. The van der Waals surface area contributed by atoms with Gasteiger partial charge in [0, 0.05) is 119 Å². The standard InChI is InChI=1S/C20H18N4O5.C18H12ClN3O4.C16H9N3O4.C2H4BrCl.C2H7NO.CH2O3.2K.H/c21-13-15-11-14-1-6-18(29-10-8-22-7-9-25)12-19(14)23(20(15)26)16-2-4-17(5-3-16)24(27)28;19-7-8-26-16-6-1-12-9-13(11-20)18(23)21(17(12)10-16)14-2-4-15(5-3-14)22(24)25;17-9-11-7-10-1-6-14(20)8-15(10)18(16(11)21)12-2-4-13(5-3-12)19(22)23;2*3-1-2-4;2-1-4-3;;;/h1-6,11-12,22,25H,7-10H2;1-6,9-10H,7-8H2;1-8,20H;1-2H2;4H,1-3H2;1,3H;;;/q;;;;;;2*+1;-1/p-1. The van der Waals surface area contributed by atoms with Gasteiger partial charge in [0.05, 0.1) is 50.4 Å². The normalized spacial score (nSPS) is 9.78. The van der Waals surface area contributed by atoms with Gasteiger partial charge in [-0.15, -0.1) is 23.2 Å². The fourth-order valence-corrected chi connectivity index (χ4v) is 7.91. The summed E-state index contributed by atoms with van der Waals surface area (Å²) in [5.74, 6) is 2.05. The summed E-state index contributed by atoms with van der Waals surface area (Å²) in [4.78, 5) is 80.1.